The van der Waals surface area contributed by atoms with Crippen LogP contribution in [0.1, 0.15) is 58.4 Å². The van der Waals surface area contributed by atoms with Crippen LogP contribution in [0.5, 0.6) is 23.0 Å². The first-order chi connectivity index (χ1) is 26.7. The molecule has 0 amide bonds. The number of anilines is 1. The van der Waals surface area contributed by atoms with E-state index in [1.807, 2.05) is 83.9 Å². The molecule has 12 heteroatoms. The van der Waals surface area contributed by atoms with Crippen LogP contribution in [0.3, 0.4) is 0 Å². The van der Waals surface area contributed by atoms with Gasteiger partial charge < -0.3 is 33.8 Å². The van der Waals surface area contributed by atoms with E-state index in [0.29, 0.717) is 30.8 Å². The Hall–Kier alpha value is -6.30. The highest BCUT2D eigenvalue weighted by atomic mass is 16.6. The van der Waals surface area contributed by atoms with Gasteiger partial charge in [-0.15, -0.1) is 0 Å². The Morgan fingerprint density at radius 3 is 1.52 bits per heavy atom. The quantitative estimate of drug-likeness (QED) is 0.0872. The molecule has 0 bridgehead atoms. The molecule has 2 aromatic heterocycles. The number of nitro benzene ring substituents is 1. The van der Waals surface area contributed by atoms with Crippen molar-refractivity contribution >= 4 is 11.4 Å². The zero-order valence-electron chi connectivity index (χ0n) is 33.2. The molecular formula is C44H48N6O6. The molecule has 2 unspecified atom stereocenters. The van der Waals surface area contributed by atoms with Crippen LogP contribution in [0, 0.1) is 51.7 Å². The van der Waals surface area contributed by atoms with Crippen molar-refractivity contribution in [2.24, 2.45) is 0 Å². The second-order valence-electron chi connectivity index (χ2n) is 15.3. The molecule has 2 aliphatic rings. The van der Waals surface area contributed by atoms with Gasteiger partial charge >= 0.3 is 0 Å². The van der Waals surface area contributed by atoms with E-state index in [2.05, 4.69) is 37.7 Å². The third kappa shape index (κ3) is 7.26. The van der Waals surface area contributed by atoms with E-state index in [1.165, 1.54) is 5.56 Å². The summed E-state index contributed by atoms with van der Waals surface area (Å²) in [7, 11) is 0. The maximum atomic E-state index is 11.5. The minimum absolute atomic E-state index is 0.185. The molecule has 0 aliphatic carbocycles. The van der Waals surface area contributed by atoms with Crippen molar-refractivity contribution in [2.45, 2.75) is 79.4 Å². The third-order valence-corrected chi connectivity index (χ3v) is 11.1. The summed E-state index contributed by atoms with van der Waals surface area (Å²) < 4.78 is 28.6. The van der Waals surface area contributed by atoms with Gasteiger partial charge in [-0.1, -0.05) is 0 Å². The van der Waals surface area contributed by atoms with Crippen LogP contribution in [0.2, 0.25) is 0 Å². The molecule has 0 saturated carbocycles. The molecule has 56 heavy (non-hydrogen) atoms. The molecule has 2 atom stereocenters. The summed E-state index contributed by atoms with van der Waals surface area (Å²) in [4.78, 5) is 19.3. The predicted octanol–water partition coefficient (Wildman–Crippen LogP) is 8.63. The molecule has 0 spiro atoms. The monoisotopic (exact) mass is 756 g/mol. The van der Waals surface area contributed by atoms with Gasteiger partial charge in [0, 0.05) is 82.5 Å². The molecule has 12 nitrogen and oxygen atoms in total. The van der Waals surface area contributed by atoms with Gasteiger partial charge in [0.05, 0.1) is 17.6 Å². The van der Waals surface area contributed by atoms with E-state index in [4.69, 9.17) is 24.7 Å². The van der Waals surface area contributed by atoms with Crippen molar-refractivity contribution in [2.75, 3.05) is 18.9 Å². The third-order valence-electron chi connectivity index (χ3n) is 11.1. The molecule has 4 heterocycles. The van der Waals surface area contributed by atoms with Crippen LogP contribution in [0.4, 0.5) is 11.4 Å². The van der Waals surface area contributed by atoms with Crippen LogP contribution in [-0.2, 0) is 12.8 Å². The van der Waals surface area contributed by atoms with Crippen LogP contribution in [0.15, 0.2) is 86.0 Å². The SMILES string of the molecule is Cc1c(C)c([N+](=O)[O-])c(C)c2c1OC(C)(COc1ccc(-n3ccnc3)cc1)C2.Cc1c(C)c2c(c(C)c1N)CC(C)(COc1ccc(-n3ccnc3)cc1)O2. The van der Waals surface area contributed by atoms with E-state index in [-0.39, 0.29) is 10.6 Å². The van der Waals surface area contributed by atoms with Gasteiger partial charge in [-0.05, 0) is 121 Å². The Balaban J connectivity index is 0.000000172. The van der Waals surface area contributed by atoms with Crippen molar-refractivity contribution in [3.8, 4) is 34.4 Å². The molecule has 290 valence electrons. The normalized spacial score (nSPS) is 17.9. The largest absolute Gasteiger partial charge is 0.489 e. The number of benzene rings is 4. The predicted molar refractivity (Wildman–Crippen MR) is 216 cm³/mol. The van der Waals surface area contributed by atoms with Gasteiger partial charge in [0.1, 0.15) is 47.4 Å². The Morgan fingerprint density at radius 2 is 1.11 bits per heavy atom. The number of ether oxygens (including phenoxy) is 4. The van der Waals surface area contributed by atoms with Crippen LogP contribution >= 0.6 is 0 Å². The first-order valence-corrected chi connectivity index (χ1v) is 18.6. The lowest BCUT2D eigenvalue weighted by Gasteiger charge is -2.24. The van der Waals surface area contributed by atoms with Crippen LogP contribution in [0.25, 0.3) is 11.4 Å². The standard InChI is InChI=1S/C22H23N3O4.C22H25N3O2/c1-14-15(2)21-19(16(3)20(14)25(26)27)11-22(4,29-21)12-28-18-7-5-17(6-8-18)24-10-9-23-13-24;1-14-15(2)21-19(16(3)20(14)23)11-22(4,27-21)12-26-18-7-5-17(6-8-18)25-10-9-24-13-25/h5-10,13H,11-12H2,1-4H3;5-10,13H,11-12,23H2,1-4H3. The van der Waals surface area contributed by atoms with Gasteiger partial charge in [0.2, 0.25) is 0 Å². The number of rotatable bonds is 9. The second kappa shape index (κ2) is 14.7. The number of nitrogens with two attached hydrogens (primary N) is 1. The Morgan fingerprint density at radius 1 is 0.679 bits per heavy atom. The van der Waals surface area contributed by atoms with E-state index >= 15 is 0 Å². The minimum Gasteiger partial charge on any atom is -0.489 e. The first-order valence-electron chi connectivity index (χ1n) is 18.6. The highest BCUT2D eigenvalue weighted by Gasteiger charge is 2.41. The maximum absolute atomic E-state index is 11.5. The molecule has 0 radical (unpaired) electrons. The molecule has 2 aliphatic heterocycles. The lowest BCUT2D eigenvalue weighted by molar-refractivity contribution is -0.386. The summed E-state index contributed by atoms with van der Waals surface area (Å²) in [5.41, 5.74) is 16.0. The first kappa shape index (κ1) is 38.0. The van der Waals surface area contributed by atoms with Crippen molar-refractivity contribution in [1.29, 1.82) is 0 Å². The summed E-state index contributed by atoms with van der Waals surface area (Å²) in [5.74, 6) is 3.29. The van der Waals surface area contributed by atoms with Crippen molar-refractivity contribution in [1.82, 2.24) is 19.1 Å². The molecule has 0 saturated heterocycles. The van der Waals surface area contributed by atoms with E-state index in [0.717, 1.165) is 74.3 Å². The van der Waals surface area contributed by atoms with Crippen molar-refractivity contribution in [3.63, 3.8) is 0 Å². The van der Waals surface area contributed by atoms with E-state index < -0.39 is 11.2 Å². The van der Waals surface area contributed by atoms with E-state index in [1.54, 1.807) is 38.9 Å². The average Bonchev–Trinajstić information content (AvgIpc) is 4.02. The molecule has 0 fully saturated rings. The van der Waals surface area contributed by atoms with Gasteiger partial charge in [0.15, 0.2) is 0 Å². The topological polar surface area (TPSA) is 142 Å². The fraction of sp³-hybridized carbons (Fsp3) is 0.318. The van der Waals surface area contributed by atoms with Crippen LogP contribution < -0.4 is 24.7 Å². The Bertz CT molecular complexity index is 2350. The van der Waals surface area contributed by atoms with Gasteiger partial charge in [0.25, 0.3) is 5.69 Å². The number of hydrogen-bond donors (Lipinski definition) is 1. The summed E-state index contributed by atoms with van der Waals surface area (Å²) >= 11 is 0. The fourth-order valence-electron chi connectivity index (χ4n) is 7.56. The summed E-state index contributed by atoms with van der Waals surface area (Å²) in [6.45, 7) is 16.5. The number of nitrogens with zero attached hydrogens (tertiary/aromatic N) is 5. The highest BCUT2D eigenvalue weighted by molar-refractivity contribution is 5.67. The van der Waals surface area contributed by atoms with Gasteiger partial charge in [-0.25, -0.2) is 9.97 Å². The summed E-state index contributed by atoms with van der Waals surface area (Å²) in [6.07, 6.45) is 12.2. The molecule has 6 aromatic rings. The lowest BCUT2D eigenvalue weighted by atomic mass is 9.92. The van der Waals surface area contributed by atoms with Crippen LogP contribution in [-0.4, -0.2) is 48.4 Å². The average molecular weight is 757 g/mol. The molecule has 4 aromatic carbocycles. The molecular weight excluding hydrogens is 709 g/mol. The number of fused-ring (bicyclic) bond motifs is 2. The maximum Gasteiger partial charge on any atom is 0.275 e. The zero-order chi connectivity index (χ0) is 39.9. The lowest BCUT2D eigenvalue weighted by Crippen LogP contribution is -2.37. The van der Waals surface area contributed by atoms with Crippen molar-refractivity contribution in [3.05, 3.63) is 141 Å². The van der Waals surface area contributed by atoms with Gasteiger partial charge in [-0.2, -0.15) is 0 Å². The summed E-state index contributed by atoms with van der Waals surface area (Å²) in [5, 5.41) is 11.5. The Labute approximate surface area is 327 Å². The fourth-order valence-corrected chi connectivity index (χ4v) is 7.56. The van der Waals surface area contributed by atoms with Crippen molar-refractivity contribution < 1.29 is 23.9 Å². The number of nitro groups is 1. The second-order valence-corrected chi connectivity index (χ2v) is 15.3. The smallest absolute Gasteiger partial charge is 0.275 e. The highest BCUT2D eigenvalue weighted by Crippen LogP contribution is 2.46. The molecule has 2 N–H and O–H groups in total. The number of aromatic nitrogens is 4. The zero-order valence-corrected chi connectivity index (χ0v) is 33.2. The number of imidazole rings is 2. The van der Waals surface area contributed by atoms with E-state index in [9.17, 15) is 10.1 Å². The van der Waals surface area contributed by atoms with Gasteiger partial charge in [-0.3, -0.25) is 10.1 Å². The number of nitrogen functional groups attached to an aromatic ring is 1. The number of hydrogen-bond acceptors (Lipinski definition) is 9. The minimum atomic E-state index is -0.581. The molecule has 8 rings (SSSR count). The Kier molecular flexibility index (Phi) is 10.0. The summed E-state index contributed by atoms with van der Waals surface area (Å²) in [6, 6.07) is 15.7.